The van der Waals surface area contributed by atoms with E-state index in [-0.39, 0.29) is 0 Å². The average Bonchev–Trinajstić information content (AvgIpc) is 2.42. The van der Waals surface area contributed by atoms with E-state index in [0.29, 0.717) is 6.04 Å². The monoisotopic (exact) mass is 230 g/mol. The molecule has 1 aromatic rings. The first-order valence-electron chi connectivity index (χ1n) is 4.83. The van der Waals surface area contributed by atoms with E-state index < -0.39 is 0 Å². The van der Waals surface area contributed by atoms with Crippen molar-refractivity contribution in [3.63, 3.8) is 0 Å². The highest BCUT2D eigenvalue weighted by Gasteiger charge is 2.06. The van der Waals surface area contributed by atoms with Crippen LogP contribution in [-0.4, -0.2) is 23.0 Å². The summed E-state index contributed by atoms with van der Waals surface area (Å²) in [5.41, 5.74) is 1.15. The fraction of sp³-hybridized carbons (Fsp3) is 0.700. The van der Waals surface area contributed by atoms with Crippen LogP contribution in [0.3, 0.4) is 0 Å². The van der Waals surface area contributed by atoms with E-state index >= 15 is 0 Å². The average molecular weight is 230 g/mol. The second kappa shape index (κ2) is 5.61. The highest BCUT2D eigenvalue weighted by Crippen LogP contribution is 2.22. The fourth-order valence-corrected chi connectivity index (χ4v) is 2.63. The van der Waals surface area contributed by atoms with E-state index in [1.165, 1.54) is 17.1 Å². The minimum Gasteiger partial charge on any atom is -0.359 e. The lowest BCUT2D eigenvalue weighted by Crippen LogP contribution is -2.15. The van der Waals surface area contributed by atoms with Crippen LogP contribution < -0.4 is 5.32 Å². The highest BCUT2D eigenvalue weighted by atomic mass is 32.2. The van der Waals surface area contributed by atoms with E-state index in [1.807, 2.05) is 11.8 Å². The minimum atomic E-state index is 0.521. The van der Waals surface area contributed by atoms with Crippen molar-refractivity contribution in [1.29, 1.82) is 0 Å². The Morgan fingerprint density at radius 1 is 1.50 bits per heavy atom. The first-order chi connectivity index (χ1) is 6.63. The number of aryl methyl sites for hydroxylation is 2. The second-order valence-electron chi connectivity index (χ2n) is 3.49. The third kappa shape index (κ3) is 3.50. The van der Waals surface area contributed by atoms with Crippen LogP contribution in [0.5, 0.6) is 0 Å². The van der Waals surface area contributed by atoms with Crippen molar-refractivity contribution in [2.75, 3.05) is 17.3 Å². The fourth-order valence-electron chi connectivity index (χ4n) is 1.11. The normalized spacial score (nSPS) is 12.9. The molecule has 1 aromatic heterocycles. The number of thiazole rings is 1. The first kappa shape index (κ1) is 11.9. The zero-order chi connectivity index (χ0) is 10.6. The van der Waals surface area contributed by atoms with Gasteiger partial charge in [0.2, 0.25) is 0 Å². The summed E-state index contributed by atoms with van der Waals surface area (Å²) < 4.78 is 0. The van der Waals surface area contributed by atoms with Gasteiger partial charge in [-0.2, -0.15) is 11.8 Å². The van der Waals surface area contributed by atoms with E-state index in [9.17, 15) is 0 Å². The summed E-state index contributed by atoms with van der Waals surface area (Å²) >= 11 is 3.64. The lowest BCUT2D eigenvalue weighted by molar-refractivity contribution is 0.770. The smallest absolute Gasteiger partial charge is 0.183 e. The van der Waals surface area contributed by atoms with E-state index in [2.05, 4.69) is 37.3 Å². The molecule has 0 amide bonds. The molecule has 0 aliphatic rings. The van der Waals surface area contributed by atoms with E-state index in [1.54, 1.807) is 11.3 Å². The maximum atomic E-state index is 4.46. The van der Waals surface area contributed by atoms with Crippen molar-refractivity contribution in [2.45, 2.75) is 33.2 Å². The number of thioether (sulfide) groups is 1. The predicted molar refractivity (Wildman–Crippen MR) is 67.7 cm³/mol. The number of rotatable bonds is 5. The van der Waals surface area contributed by atoms with Gasteiger partial charge in [-0.1, -0.05) is 0 Å². The van der Waals surface area contributed by atoms with E-state index in [0.717, 1.165) is 10.8 Å². The van der Waals surface area contributed by atoms with Crippen LogP contribution in [0, 0.1) is 13.8 Å². The molecule has 1 N–H and O–H groups in total. The van der Waals surface area contributed by atoms with Gasteiger partial charge in [-0.25, -0.2) is 4.98 Å². The summed E-state index contributed by atoms with van der Waals surface area (Å²) in [5.74, 6) is 1.21. The summed E-state index contributed by atoms with van der Waals surface area (Å²) in [6, 6.07) is 0.521. The largest absolute Gasteiger partial charge is 0.359 e. The molecule has 4 heteroatoms. The summed E-state index contributed by atoms with van der Waals surface area (Å²) in [6.45, 7) is 6.39. The molecule has 0 saturated carbocycles. The van der Waals surface area contributed by atoms with Gasteiger partial charge in [-0.05, 0) is 39.2 Å². The number of nitrogens with one attached hydrogen (secondary N) is 1. The van der Waals surface area contributed by atoms with Crippen molar-refractivity contribution in [1.82, 2.24) is 4.98 Å². The van der Waals surface area contributed by atoms with Gasteiger partial charge in [0.05, 0.1) is 5.69 Å². The molecular formula is C10H18N2S2. The van der Waals surface area contributed by atoms with Gasteiger partial charge in [0, 0.05) is 10.9 Å². The molecule has 1 atom stereocenters. The molecule has 0 fully saturated rings. The summed E-state index contributed by atoms with van der Waals surface area (Å²) in [4.78, 5) is 5.77. The van der Waals surface area contributed by atoms with Crippen LogP contribution >= 0.6 is 23.1 Å². The molecule has 0 aromatic carbocycles. The molecule has 1 heterocycles. The van der Waals surface area contributed by atoms with Crippen molar-refractivity contribution >= 4 is 28.2 Å². The molecule has 0 radical (unpaired) electrons. The van der Waals surface area contributed by atoms with Crippen LogP contribution in [-0.2, 0) is 0 Å². The topological polar surface area (TPSA) is 24.9 Å². The van der Waals surface area contributed by atoms with Gasteiger partial charge in [0.15, 0.2) is 5.13 Å². The number of aromatic nitrogens is 1. The Balaban J connectivity index is 2.43. The van der Waals surface area contributed by atoms with Crippen LogP contribution in [0.2, 0.25) is 0 Å². The molecule has 0 aliphatic carbocycles. The summed E-state index contributed by atoms with van der Waals surface area (Å²) in [7, 11) is 0. The molecule has 0 spiro atoms. The quantitative estimate of drug-likeness (QED) is 0.840. The number of nitrogens with zero attached hydrogens (tertiary/aromatic N) is 1. The summed E-state index contributed by atoms with van der Waals surface area (Å²) in [6.07, 6.45) is 3.34. The van der Waals surface area contributed by atoms with Crippen molar-refractivity contribution in [3.8, 4) is 0 Å². The molecule has 0 bridgehead atoms. The minimum absolute atomic E-state index is 0.521. The first-order valence-corrected chi connectivity index (χ1v) is 7.04. The van der Waals surface area contributed by atoms with Crippen LogP contribution in [0.25, 0.3) is 0 Å². The maximum absolute atomic E-state index is 4.46. The Kier molecular flexibility index (Phi) is 4.75. The molecule has 1 rings (SSSR count). The van der Waals surface area contributed by atoms with Gasteiger partial charge in [-0.15, -0.1) is 11.3 Å². The molecule has 0 aliphatic heterocycles. The zero-order valence-electron chi connectivity index (χ0n) is 9.26. The Labute approximate surface area is 94.5 Å². The highest BCUT2D eigenvalue weighted by molar-refractivity contribution is 7.98. The van der Waals surface area contributed by atoms with Gasteiger partial charge >= 0.3 is 0 Å². The Morgan fingerprint density at radius 3 is 2.71 bits per heavy atom. The molecule has 14 heavy (non-hydrogen) atoms. The molecule has 2 nitrogen and oxygen atoms in total. The lowest BCUT2D eigenvalue weighted by Gasteiger charge is -2.11. The SMILES string of the molecule is CSCCC(C)Nc1nc(C)c(C)s1. The van der Waals surface area contributed by atoms with Crippen LogP contribution in [0.15, 0.2) is 0 Å². The third-order valence-corrected chi connectivity index (χ3v) is 3.80. The van der Waals surface area contributed by atoms with Gasteiger partial charge in [0.1, 0.15) is 0 Å². The third-order valence-electron chi connectivity index (χ3n) is 2.15. The lowest BCUT2D eigenvalue weighted by atomic mass is 10.3. The van der Waals surface area contributed by atoms with Crippen molar-refractivity contribution in [2.24, 2.45) is 0 Å². The number of hydrogen-bond donors (Lipinski definition) is 1. The maximum Gasteiger partial charge on any atom is 0.183 e. The summed E-state index contributed by atoms with van der Waals surface area (Å²) in [5, 5.41) is 4.50. The Hall–Kier alpha value is -0.220. The number of hydrogen-bond acceptors (Lipinski definition) is 4. The van der Waals surface area contributed by atoms with E-state index in [4.69, 9.17) is 0 Å². The Morgan fingerprint density at radius 2 is 2.21 bits per heavy atom. The standard InChI is InChI=1S/C10H18N2S2/c1-7(5-6-13-4)11-10-12-8(2)9(3)14-10/h7H,5-6H2,1-4H3,(H,11,12). The molecular weight excluding hydrogens is 212 g/mol. The predicted octanol–water partition coefficient (Wildman–Crippen LogP) is 3.31. The van der Waals surface area contributed by atoms with Gasteiger partial charge in [-0.3, -0.25) is 0 Å². The number of anilines is 1. The van der Waals surface area contributed by atoms with Gasteiger partial charge in [0.25, 0.3) is 0 Å². The van der Waals surface area contributed by atoms with Crippen LogP contribution in [0.1, 0.15) is 23.9 Å². The zero-order valence-corrected chi connectivity index (χ0v) is 10.9. The Bertz CT molecular complexity index is 264. The molecule has 80 valence electrons. The molecule has 1 unspecified atom stereocenters. The van der Waals surface area contributed by atoms with Crippen molar-refractivity contribution < 1.29 is 0 Å². The van der Waals surface area contributed by atoms with Gasteiger partial charge < -0.3 is 5.32 Å². The second-order valence-corrected chi connectivity index (χ2v) is 5.68. The van der Waals surface area contributed by atoms with Crippen LogP contribution in [0.4, 0.5) is 5.13 Å². The van der Waals surface area contributed by atoms with Crippen molar-refractivity contribution in [3.05, 3.63) is 10.6 Å². The molecule has 0 saturated heterocycles.